The Balaban J connectivity index is 1.32. The molecular weight excluding hydrogens is 486 g/mol. The van der Waals surface area contributed by atoms with Crippen molar-refractivity contribution in [1.82, 2.24) is 30.1 Å². The molecule has 1 saturated heterocycles. The number of pyridine rings is 2. The normalized spacial score (nSPS) is 15.2. The lowest BCUT2D eigenvalue weighted by atomic mass is 10.1. The largest absolute Gasteiger partial charge is 0.384 e. The van der Waals surface area contributed by atoms with E-state index in [1.54, 1.807) is 6.20 Å². The molecule has 1 aromatic carbocycles. The number of benzene rings is 1. The number of H-pyrrole nitrogens is 1. The number of rotatable bonds is 11. The summed E-state index contributed by atoms with van der Waals surface area (Å²) >= 11 is 0. The summed E-state index contributed by atoms with van der Waals surface area (Å²) in [5.41, 5.74) is 5.37. The van der Waals surface area contributed by atoms with Gasteiger partial charge in [-0.2, -0.15) is 0 Å². The van der Waals surface area contributed by atoms with Gasteiger partial charge in [-0.1, -0.05) is 18.6 Å². The summed E-state index contributed by atoms with van der Waals surface area (Å²) < 4.78 is 0. The number of nitrogens with zero attached hydrogens (tertiary/aromatic N) is 4. The van der Waals surface area contributed by atoms with Gasteiger partial charge in [-0.15, -0.1) is 0 Å². The van der Waals surface area contributed by atoms with Crippen molar-refractivity contribution in [3.63, 3.8) is 0 Å². The zero-order chi connectivity index (χ0) is 27.2. The third-order valence-electron chi connectivity index (χ3n) is 7.58. The first-order chi connectivity index (χ1) is 19.0. The fraction of sp³-hybridized carbons (Fsp3) is 0.452. The predicted molar refractivity (Wildman–Crippen MR) is 160 cm³/mol. The van der Waals surface area contributed by atoms with E-state index in [1.165, 1.54) is 32.4 Å². The summed E-state index contributed by atoms with van der Waals surface area (Å²) in [5.74, 6) is -0.0774. The number of piperidine rings is 1. The molecule has 8 heteroatoms. The van der Waals surface area contributed by atoms with Crippen LogP contribution in [0, 0.1) is 0 Å². The molecule has 39 heavy (non-hydrogen) atoms. The lowest BCUT2D eigenvalue weighted by Gasteiger charge is -2.26. The van der Waals surface area contributed by atoms with Gasteiger partial charge in [-0.3, -0.25) is 9.78 Å². The molecule has 3 aromatic heterocycles. The number of hydrogen-bond donors (Lipinski definition) is 3. The molecule has 0 aliphatic carbocycles. The number of carbonyl (C=O) groups excluding carboxylic acids is 1. The predicted octanol–water partition coefficient (Wildman–Crippen LogP) is 5.14. The van der Waals surface area contributed by atoms with E-state index in [0.29, 0.717) is 5.69 Å². The summed E-state index contributed by atoms with van der Waals surface area (Å²) in [6, 6.07) is 12.3. The molecule has 4 aromatic rings. The number of hydrogen-bond acceptors (Lipinski definition) is 6. The lowest BCUT2D eigenvalue weighted by Crippen LogP contribution is -2.34. The van der Waals surface area contributed by atoms with Crippen LogP contribution in [0.3, 0.4) is 0 Å². The van der Waals surface area contributed by atoms with Crippen molar-refractivity contribution in [2.24, 2.45) is 0 Å². The van der Waals surface area contributed by atoms with Gasteiger partial charge in [0.2, 0.25) is 0 Å². The van der Waals surface area contributed by atoms with Crippen LogP contribution in [0.15, 0.2) is 48.8 Å². The zero-order valence-electron chi connectivity index (χ0n) is 23.5. The molecule has 0 spiro atoms. The molecule has 4 heterocycles. The van der Waals surface area contributed by atoms with Gasteiger partial charge in [-0.05, 0) is 97.1 Å². The van der Waals surface area contributed by atoms with Crippen molar-refractivity contribution in [3.05, 3.63) is 54.5 Å². The van der Waals surface area contributed by atoms with Gasteiger partial charge in [0, 0.05) is 52.5 Å². The van der Waals surface area contributed by atoms with Crippen molar-refractivity contribution in [1.29, 1.82) is 0 Å². The molecule has 0 bridgehead atoms. The maximum absolute atomic E-state index is 12.9. The molecule has 5 rings (SSSR count). The Kier molecular flexibility index (Phi) is 8.74. The SMILES string of the molecule is CC(CCN(C)C)NC(=O)c1cc2ccc(-c3cc(NCCCN4CCCCC4)c4cnccc4n3)cc2[nH]1. The van der Waals surface area contributed by atoms with E-state index < -0.39 is 0 Å². The highest BCUT2D eigenvalue weighted by Crippen LogP contribution is 2.30. The molecule has 1 amide bonds. The Hall–Kier alpha value is -3.49. The van der Waals surface area contributed by atoms with Crippen LogP contribution in [0.5, 0.6) is 0 Å². The standard InChI is InChI=1S/C31H41N7O/c1-22(11-17-37(2)3)34-31(39)30-19-24-9-8-23(18-27(24)36-30)28-20-29(25-21-32-13-10-26(25)35-28)33-12-7-16-38-14-5-4-6-15-38/h8-10,13,18-22,36H,4-7,11-12,14-17H2,1-3H3,(H,33,35)(H,34,39). The molecule has 0 radical (unpaired) electrons. The van der Waals surface area contributed by atoms with E-state index in [-0.39, 0.29) is 11.9 Å². The quantitative estimate of drug-likeness (QED) is 0.234. The van der Waals surface area contributed by atoms with Crippen molar-refractivity contribution in [2.75, 3.05) is 52.1 Å². The van der Waals surface area contributed by atoms with Crippen molar-refractivity contribution >= 4 is 33.4 Å². The van der Waals surface area contributed by atoms with Crippen LogP contribution in [0.25, 0.3) is 33.1 Å². The number of nitrogens with one attached hydrogen (secondary N) is 3. The molecular formula is C31H41N7O. The third kappa shape index (κ3) is 6.94. The molecule has 0 saturated carbocycles. The van der Waals surface area contributed by atoms with E-state index in [9.17, 15) is 4.79 Å². The number of fused-ring (bicyclic) bond motifs is 2. The topological polar surface area (TPSA) is 89.2 Å². The van der Waals surface area contributed by atoms with E-state index >= 15 is 0 Å². The Bertz CT molecular complexity index is 1410. The van der Waals surface area contributed by atoms with Crippen LogP contribution >= 0.6 is 0 Å². The second-order valence-corrected chi connectivity index (χ2v) is 11.1. The first-order valence-electron chi connectivity index (χ1n) is 14.3. The summed E-state index contributed by atoms with van der Waals surface area (Å²) in [5, 5.41) is 8.80. The van der Waals surface area contributed by atoms with Crippen LogP contribution in [0.2, 0.25) is 0 Å². The van der Waals surface area contributed by atoms with Gasteiger partial charge in [0.15, 0.2) is 0 Å². The van der Waals surface area contributed by atoms with Gasteiger partial charge in [0.25, 0.3) is 5.91 Å². The smallest absolute Gasteiger partial charge is 0.267 e. The van der Waals surface area contributed by atoms with Gasteiger partial charge < -0.3 is 25.4 Å². The highest BCUT2D eigenvalue weighted by Gasteiger charge is 2.15. The first kappa shape index (κ1) is 27.1. The number of carbonyl (C=O) groups is 1. The van der Waals surface area contributed by atoms with E-state index in [0.717, 1.165) is 71.2 Å². The summed E-state index contributed by atoms with van der Waals surface area (Å²) in [7, 11) is 4.08. The lowest BCUT2D eigenvalue weighted by molar-refractivity contribution is 0.0932. The average molecular weight is 528 g/mol. The highest BCUT2D eigenvalue weighted by molar-refractivity contribution is 5.99. The van der Waals surface area contributed by atoms with Crippen molar-refractivity contribution < 1.29 is 4.79 Å². The number of anilines is 1. The average Bonchev–Trinajstić information content (AvgIpc) is 3.38. The molecule has 1 fully saturated rings. The highest BCUT2D eigenvalue weighted by atomic mass is 16.1. The van der Waals surface area contributed by atoms with Crippen LogP contribution in [-0.4, -0.2) is 83.5 Å². The maximum atomic E-state index is 12.9. The first-order valence-corrected chi connectivity index (χ1v) is 14.3. The Morgan fingerprint density at radius 3 is 2.79 bits per heavy atom. The molecule has 1 aliphatic rings. The fourth-order valence-electron chi connectivity index (χ4n) is 5.31. The number of aromatic amines is 1. The minimum absolute atomic E-state index is 0.0774. The molecule has 8 nitrogen and oxygen atoms in total. The van der Waals surface area contributed by atoms with E-state index in [2.05, 4.69) is 54.7 Å². The molecule has 1 atom stereocenters. The maximum Gasteiger partial charge on any atom is 0.267 e. The number of likely N-dealkylation sites (tertiary alicyclic amines) is 1. The van der Waals surface area contributed by atoms with Crippen molar-refractivity contribution in [3.8, 4) is 11.3 Å². The second-order valence-electron chi connectivity index (χ2n) is 11.1. The summed E-state index contributed by atoms with van der Waals surface area (Å²) in [4.78, 5) is 30.2. The van der Waals surface area contributed by atoms with Gasteiger partial charge >= 0.3 is 0 Å². The minimum atomic E-state index is -0.0774. The molecule has 206 valence electrons. The van der Waals surface area contributed by atoms with Crippen LogP contribution in [0.4, 0.5) is 5.69 Å². The molecule has 1 unspecified atom stereocenters. The second kappa shape index (κ2) is 12.6. The van der Waals surface area contributed by atoms with E-state index in [4.69, 9.17) is 4.98 Å². The Morgan fingerprint density at radius 1 is 1.13 bits per heavy atom. The number of aromatic nitrogens is 3. The monoisotopic (exact) mass is 527 g/mol. The van der Waals surface area contributed by atoms with Crippen LogP contribution in [-0.2, 0) is 0 Å². The van der Waals surface area contributed by atoms with Gasteiger partial charge in [0.05, 0.1) is 11.2 Å². The third-order valence-corrected chi connectivity index (χ3v) is 7.58. The van der Waals surface area contributed by atoms with Crippen LogP contribution < -0.4 is 10.6 Å². The minimum Gasteiger partial charge on any atom is -0.384 e. The van der Waals surface area contributed by atoms with Gasteiger partial charge in [-0.25, -0.2) is 4.98 Å². The Morgan fingerprint density at radius 2 is 1.97 bits per heavy atom. The summed E-state index contributed by atoms with van der Waals surface area (Å²) in [6.45, 7) is 7.47. The van der Waals surface area contributed by atoms with E-state index in [1.807, 2.05) is 39.3 Å². The van der Waals surface area contributed by atoms with Gasteiger partial charge in [0.1, 0.15) is 5.69 Å². The van der Waals surface area contributed by atoms with Crippen molar-refractivity contribution in [2.45, 2.75) is 45.1 Å². The summed E-state index contributed by atoms with van der Waals surface area (Å²) in [6.07, 6.45) is 9.70. The zero-order valence-corrected chi connectivity index (χ0v) is 23.5. The Labute approximate surface area is 231 Å². The fourth-order valence-corrected chi connectivity index (χ4v) is 5.31. The molecule has 1 aliphatic heterocycles. The van der Waals surface area contributed by atoms with Crippen LogP contribution in [0.1, 0.15) is 49.5 Å². The number of amides is 1. The molecule has 3 N–H and O–H groups in total.